The number of hydrogen-bond donors (Lipinski definition) is 0. The van der Waals surface area contributed by atoms with Crippen molar-refractivity contribution in [1.29, 1.82) is 0 Å². The number of Topliss-reactive ketones (excluding diaryl/α,β-unsaturated/α-hetero) is 1. The van der Waals surface area contributed by atoms with Crippen LogP contribution in [0.15, 0.2) is 6.07 Å². The van der Waals surface area contributed by atoms with Crippen molar-refractivity contribution in [1.82, 2.24) is 0 Å². The second-order valence-corrected chi connectivity index (χ2v) is 4.89. The topological polar surface area (TPSA) is 26.3 Å². The van der Waals surface area contributed by atoms with Crippen LogP contribution >= 0.6 is 0 Å². The van der Waals surface area contributed by atoms with Gasteiger partial charge < -0.3 is 4.74 Å². The molecule has 0 radical (unpaired) electrons. The summed E-state index contributed by atoms with van der Waals surface area (Å²) in [5, 5.41) is 0. The smallest absolute Gasteiger partial charge is 0.166 e. The van der Waals surface area contributed by atoms with Crippen molar-refractivity contribution in [3.63, 3.8) is 0 Å². The Balaban J connectivity index is 2.46. The van der Waals surface area contributed by atoms with Gasteiger partial charge in [-0.05, 0) is 63.3 Å². The maximum Gasteiger partial charge on any atom is 0.166 e. The lowest BCUT2D eigenvalue weighted by Crippen LogP contribution is -2.09. The van der Waals surface area contributed by atoms with Gasteiger partial charge in [-0.3, -0.25) is 4.79 Å². The van der Waals surface area contributed by atoms with E-state index in [9.17, 15) is 4.79 Å². The summed E-state index contributed by atoms with van der Waals surface area (Å²) in [7, 11) is 0. The molecule has 1 saturated carbocycles. The fourth-order valence-electron chi connectivity index (χ4n) is 2.28. The Labute approximate surface area is 103 Å². The lowest BCUT2D eigenvalue weighted by Gasteiger charge is -2.15. The van der Waals surface area contributed by atoms with E-state index < -0.39 is 0 Å². The van der Waals surface area contributed by atoms with Crippen molar-refractivity contribution in [3.05, 3.63) is 28.3 Å². The molecular weight excluding hydrogens is 212 g/mol. The van der Waals surface area contributed by atoms with Crippen molar-refractivity contribution in [2.45, 2.75) is 40.5 Å². The Bertz CT molecular complexity index is 456. The van der Waals surface area contributed by atoms with Crippen LogP contribution in [0.25, 0.3) is 0 Å². The molecule has 0 spiro atoms. The molecule has 2 rings (SSSR count). The van der Waals surface area contributed by atoms with Crippen LogP contribution in [0.4, 0.5) is 0 Å². The van der Waals surface area contributed by atoms with E-state index in [0.29, 0.717) is 12.4 Å². The van der Waals surface area contributed by atoms with Gasteiger partial charge >= 0.3 is 0 Å². The SMILES string of the molecule is CCOc1cc(C)c(C(=O)C2CC2)c(C)c1C. The monoisotopic (exact) mass is 232 g/mol. The zero-order chi connectivity index (χ0) is 12.6. The van der Waals surface area contributed by atoms with Gasteiger partial charge in [-0.25, -0.2) is 0 Å². The molecule has 0 N–H and O–H groups in total. The minimum atomic E-state index is 0.282. The molecule has 0 bridgehead atoms. The van der Waals surface area contributed by atoms with Crippen molar-refractivity contribution in [3.8, 4) is 5.75 Å². The van der Waals surface area contributed by atoms with Crippen LogP contribution in [0.2, 0.25) is 0 Å². The number of ketones is 1. The van der Waals surface area contributed by atoms with Crippen molar-refractivity contribution >= 4 is 5.78 Å². The average Bonchev–Trinajstić information content (AvgIpc) is 3.09. The molecule has 0 saturated heterocycles. The summed E-state index contributed by atoms with van der Waals surface area (Å²) in [6, 6.07) is 2.00. The summed E-state index contributed by atoms with van der Waals surface area (Å²) in [4.78, 5) is 12.2. The predicted octanol–water partition coefficient (Wildman–Crippen LogP) is 3.60. The quantitative estimate of drug-likeness (QED) is 0.741. The van der Waals surface area contributed by atoms with Gasteiger partial charge in [0.1, 0.15) is 5.75 Å². The molecular formula is C15H20O2. The van der Waals surface area contributed by atoms with E-state index in [2.05, 4.69) is 0 Å². The molecule has 92 valence electrons. The maximum atomic E-state index is 12.2. The number of benzene rings is 1. The van der Waals surface area contributed by atoms with E-state index in [-0.39, 0.29) is 5.92 Å². The molecule has 1 fully saturated rings. The van der Waals surface area contributed by atoms with E-state index in [1.807, 2.05) is 33.8 Å². The molecule has 0 aromatic heterocycles. The van der Waals surface area contributed by atoms with E-state index in [4.69, 9.17) is 4.74 Å². The molecule has 1 aliphatic rings. The molecule has 1 aliphatic carbocycles. The molecule has 0 atom stereocenters. The fraction of sp³-hybridized carbons (Fsp3) is 0.533. The Morgan fingerprint density at radius 2 is 1.94 bits per heavy atom. The van der Waals surface area contributed by atoms with Crippen LogP contribution in [0.5, 0.6) is 5.75 Å². The van der Waals surface area contributed by atoms with Gasteiger partial charge in [-0.1, -0.05) is 0 Å². The number of carbonyl (C=O) groups is 1. The zero-order valence-electron chi connectivity index (χ0n) is 11.1. The third-order valence-electron chi connectivity index (χ3n) is 3.54. The fourth-order valence-corrected chi connectivity index (χ4v) is 2.28. The van der Waals surface area contributed by atoms with Gasteiger partial charge in [0.05, 0.1) is 6.61 Å². The summed E-state index contributed by atoms with van der Waals surface area (Å²) >= 11 is 0. The first-order valence-electron chi connectivity index (χ1n) is 6.34. The van der Waals surface area contributed by atoms with Crippen LogP contribution in [-0.4, -0.2) is 12.4 Å². The van der Waals surface area contributed by atoms with Gasteiger partial charge in [-0.15, -0.1) is 0 Å². The van der Waals surface area contributed by atoms with Crippen molar-refractivity contribution < 1.29 is 9.53 Å². The molecule has 17 heavy (non-hydrogen) atoms. The molecule has 1 aromatic rings. The van der Waals surface area contributed by atoms with E-state index >= 15 is 0 Å². The summed E-state index contributed by atoms with van der Waals surface area (Å²) in [6.07, 6.45) is 2.12. The van der Waals surface area contributed by atoms with Gasteiger partial charge in [-0.2, -0.15) is 0 Å². The van der Waals surface area contributed by atoms with Crippen molar-refractivity contribution in [2.24, 2.45) is 5.92 Å². The highest BCUT2D eigenvalue weighted by molar-refractivity contribution is 6.02. The molecule has 1 aromatic carbocycles. The normalized spacial score (nSPS) is 14.8. The van der Waals surface area contributed by atoms with Crippen LogP contribution in [0.3, 0.4) is 0 Å². The maximum absolute atomic E-state index is 12.2. The molecule has 0 aliphatic heterocycles. The van der Waals surface area contributed by atoms with Crippen LogP contribution in [0, 0.1) is 26.7 Å². The van der Waals surface area contributed by atoms with E-state index in [1.165, 1.54) is 0 Å². The number of hydrogen-bond acceptors (Lipinski definition) is 2. The molecule has 0 unspecified atom stereocenters. The minimum absolute atomic E-state index is 0.282. The first-order chi connectivity index (χ1) is 8.06. The van der Waals surface area contributed by atoms with E-state index in [0.717, 1.165) is 40.8 Å². The number of rotatable bonds is 4. The van der Waals surface area contributed by atoms with Gasteiger partial charge in [0.2, 0.25) is 0 Å². The lowest BCUT2D eigenvalue weighted by molar-refractivity contribution is 0.0966. The highest BCUT2D eigenvalue weighted by Gasteiger charge is 2.32. The highest BCUT2D eigenvalue weighted by Crippen LogP contribution is 2.36. The highest BCUT2D eigenvalue weighted by atomic mass is 16.5. The Morgan fingerprint density at radius 3 is 2.47 bits per heavy atom. The van der Waals surface area contributed by atoms with Crippen molar-refractivity contribution in [2.75, 3.05) is 6.61 Å². The molecule has 0 amide bonds. The average molecular weight is 232 g/mol. The second kappa shape index (κ2) is 4.52. The first kappa shape index (κ1) is 12.2. The Kier molecular flexibility index (Phi) is 3.23. The molecule has 2 heteroatoms. The molecule has 2 nitrogen and oxygen atoms in total. The standard InChI is InChI=1S/C15H20O2/c1-5-17-13-8-9(2)14(11(4)10(13)3)15(16)12-6-7-12/h8,12H,5-7H2,1-4H3. The summed E-state index contributed by atoms with van der Waals surface area (Å²) < 4.78 is 5.60. The van der Waals surface area contributed by atoms with Gasteiger partial charge in [0.25, 0.3) is 0 Å². The summed E-state index contributed by atoms with van der Waals surface area (Å²) in [6.45, 7) is 8.71. The first-order valence-corrected chi connectivity index (χ1v) is 6.34. The number of aryl methyl sites for hydroxylation is 1. The van der Waals surface area contributed by atoms with Gasteiger partial charge in [0.15, 0.2) is 5.78 Å². The van der Waals surface area contributed by atoms with Crippen LogP contribution < -0.4 is 4.74 Å². The third kappa shape index (κ3) is 2.21. The predicted molar refractivity (Wildman–Crippen MR) is 68.9 cm³/mol. The largest absolute Gasteiger partial charge is 0.494 e. The lowest BCUT2D eigenvalue weighted by atomic mass is 9.92. The minimum Gasteiger partial charge on any atom is -0.494 e. The number of ether oxygens (including phenoxy) is 1. The van der Waals surface area contributed by atoms with Crippen LogP contribution in [0.1, 0.15) is 46.8 Å². The Morgan fingerprint density at radius 1 is 1.29 bits per heavy atom. The third-order valence-corrected chi connectivity index (χ3v) is 3.54. The number of carbonyl (C=O) groups excluding carboxylic acids is 1. The van der Waals surface area contributed by atoms with E-state index in [1.54, 1.807) is 0 Å². The molecule has 0 heterocycles. The summed E-state index contributed by atoms with van der Waals surface area (Å²) in [5.41, 5.74) is 4.16. The Hall–Kier alpha value is -1.31. The zero-order valence-corrected chi connectivity index (χ0v) is 11.1. The van der Waals surface area contributed by atoms with Gasteiger partial charge in [0, 0.05) is 11.5 Å². The van der Waals surface area contributed by atoms with Crippen LogP contribution in [-0.2, 0) is 0 Å². The summed E-state index contributed by atoms with van der Waals surface area (Å²) in [5.74, 6) is 1.52. The second-order valence-electron chi connectivity index (χ2n) is 4.89.